The molecule has 3 heteroatoms. The van der Waals surface area contributed by atoms with Crippen LogP contribution in [0, 0.1) is 0 Å². The maximum Gasteiger partial charge on any atom is 0.123 e. The van der Waals surface area contributed by atoms with Crippen molar-refractivity contribution in [1.29, 1.82) is 0 Å². The van der Waals surface area contributed by atoms with Crippen LogP contribution < -0.4 is 10.5 Å². The number of nitrogens with two attached hydrogens (primary N) is 1. The van der Waals surface area contributed by atoms with Gasteiger partial charge in [0.25, 0.3) is 0 Å². The van der Waals surface area contributed by atoms with E-state index in [0.717, 1.165) is 23.4 Å². The van der Waals surface area contributed by atoms with Crippen molar-refractivity contribution in [3.63, 3.8) is 0 Å². The number of hydrogen-bond acceptors (Lipinski definition) is 2. The van der Waals surface area contributed by atoms with Gasteiger partial charge in [-0.2, -0.15) is 0 Å². The van der Waals surface area contributed by atoms with E-state index in [-0.39, 0.29) is 0 Å². The zero-order valence-electron chi connectivity index (χ0n) is 10.8. The van der Waals surface area contributed by atoms with Gasteiger partial charge in [0.1, 0.15) is 5.75 Å². The number of hydrogen-bond donors (Lipinski definition) is 1. The lowest BCUT2D eigenvalue weighted by Crippen LogP contribution is -2.00. The van der Waals surface area contributed by atoms with Crippen molar-refractivity contribution in [2.24, 2.45) is 0 Å². The van der Waals surface area contributed by atoms with E-state index < -0.39 is 0 Å². The summed E-state index contributed by atoms with van der Waals surface area (Å²) in [7, 11) is 1.70. The molecule has 1 aromatic heterocycles. The second kappa shape index (κ2) is 4.69. The second-order valence-corrected chi connectivity index (χ2v) is 4.57. The first kappa shape index (κ1) is 11.7. The van der Waals surface area contributed by atoms with Crippen LogP contribution in [-0.2, 0) is 6.54 Å². The minimum atomic E-state index is 0.789. The molecule has 2 aromatic carbocycles. The summed E-state index contributed by atoms with van der Waals surface area (Å²) in [5.41, 5.74) is 8.94. The average molecular weight is 252 g/mol. The molecule has 0 atom stereocenters. The van der Waals surface area contributed by atoms with Gasteiger partial charge < -0.3 is 15.0 Å². The minimum Gasteiger partial charge on any atom is -0.496 e. The van der Waals surface area contributed by atoms with Crippen LogP contribution in [0.1, 0.15) is 5.56 Å². The molecular formula is C16H16N2O. The molecule has 0 spiro atoms. The van der Waals surface area contributed by atoms with E-state index in [1.807, 2.05) is 30.3 Å². The fraction of sp³-hybridized carbons (Fsp3) is 0.125. The Morgan fingerprint density at radius 3 is 2.79 bits per heavy atom. The molecule has 0 aliphatic heterocycles. The molecule has 3 rings (SSSR count). The highest BCUT2D eigenvalue weighted by Gasteiger charge is 2.05. The Labute approximate surface area is 112 Å². The predicted molar refractivity (Wildman–Crippen MR) is 78.4 cm³/mol. The molecule has 0 aliphatic rings. The van der Waals surface area contributed by atoms with E-state index in [2.05, 4.69) is 29.0 Å². The molecule has 0 saturated heterocycles. The van der Waals surface area contributed by atoms with Crippen molar-refractivity contribution in [2.45, 2.75) is 6.54 Å². The second-order valence-electron chi connectivity index (χ2n) is 4.57. The Balaban J connectivity index is 2.01. The molecule has 0 radical (unpaired) electrons. The van der Waals surface area contributed by atoms with Crippen LogP contribution in [0.25, 0.3) is 10.9 Å². The van der Waals surface area contributed by atoms with Crippen molar-refractivity contribution >= 4 is 16.6 Å². The number of para-hydroxylation sites is 1. The maximum atomic E-state index is 5.80. The van der Waals surface area contributed by atoms with E-state index in [0.29, 0.717) is 0 Å². The van der Waals surface area contributed by atoms with E-state index in [1.165, 1.54) is 11.1 Å². The van der Waals surface area contributed by atoms with Crippen LogP contribution in [0.15, 0.2) is 54.7 Å². The summed E-state index contributed by atoms with van der Waals surface area (Å²) in [6.07, 6.45) is 2.08. The number of benzene rings is 2. The molecule has 0 unspecified atom stereocenters. The molecule has 3 nitrogen and oxygen atoms in total. The largest absolute Gasteiger partial charge is 0.496 e. The van der Waals surface area contributed by atoms with Gasteiger partial charge in [-0.1, -0.05) is 18.2 Å². The molecule has 0 aliphatic carbocycles. The highest BCUT2D eigenvalue weighted by molar-refractivity contribution is 5.83. The van der Waals surface area contributed by atoms with Crippen molar-refractivity contribution in [2.75, 3.05) is 12.8 Å². The number of nitrogens with zero attached hydrogens (tertiary/aromatic N) is 1. The normalized spacial score (nSPS) is 10.8. The summed E-state index contributed by atoms with van der Waals surface area (Å²) in [5, 5.41) is 1.16. The Morgan fingerprint density at radius 1 is 1.11 bits per heavy atom. The number of aromatic nitrogens is 1. The smallest absolute Gasteiger partial charge is 0.123 e. The highest BCUT2D eigenvalue weighted by atomic mass is 16.5. The molecule has 0 fully saturated rings. The molecule has 1 heterocycles. The van der Waals surface area contributed by atoms with Crippen molar-refractivity contribution in [3.05, 3.63) is 60.3 Å². The van der Waals surface area contributed by atoms with Gasteiger partial charge in [-0.3, -0.25) is 0 Å². The Kier molecular flexibility index (Phi) is 2.88. The third kappa shape index (κ3) is 2.15. The third-order valence-electron chi connectivity index (χ3n) is 3.33. The zero-order valence-corrected chi connectivity index (χ0v) is 10.8. The first-order valence-corrected chi connectivity index (χ1v) is 6.24. The molecule has 0 bridgehead atoms. The fourth-order valence-electron chi connectivity index (χ4n) is 2.37. The Morgan fingerprint density at radius 2 is 1.95 bits per heavy atom. The van der Waals surface area contributed by atoms with Gasteiger partial charge >= 0.3 is 0 Å². The number of nitrogen functional groups attached to an aromatic ring is 1. The summed E-state index contributed by atoms with van der Waals surface area (Å²) < 4.78 is 7.59. The van der Waals surface area contributed by atoms with Gasteiger partial charge in [-0.15, -0.1) is 0 Å². The van der Waals surface area contributed by atoms with E-state index >= 15 is 0 Å². The highest BCUT2D eigenvalue weighted by Crippen LogP contribution is 2.23. The monoisotopic (exact) mass is 252 g/mol. The van der Waals surface area contributed by atoms with Gasteiger partial charge in [-0.05, 0) is 30.3 Å². The quantitative estimate of drug-likeness (QED) is 0.727. The molecular weight excluding hydrogens is 236 g/mol. The Bertz CT molecular complexity index is 716. The van der Waals surface area contributed by atoms with Crippen molar-refractivity contribution < 1.29 is 4.74 Å². The van der Waals surface area contributed by atoms with E-state index in [1.54, 1.807) is 7.11 Å². The topological polar surface area (TPSA) is 40.2 Å². The summed E-state index contributed by atoms with van der Waals surface area (Å²) in [6, 6.07) is 16.1. The SMILES string of the molecule is COc1ccccc1Cn1ccc2cc(N)ccc21. The van der Waals surface area contributed by atoms with Crippen molar-refractivity contribution in [1.82, 2.24) is 4.57 Å². The van der Waals surface area contributed by atoms with Gasteiger partial charge in [0.05, 0.1) is 13.7 Å². The summed E-state index contributed by atoms with van der Waals surface area (Å²) >= 11 is 0. The zero-order chi connectivity index (χ0) is 13.2. The van der Waals surface area contributed by atoms with Gasteiger partial charge in [-0.25, -0.2) is 0 Å². The van der Waals surface area contributed by atoms with Crippen LogP contribution in [0.3, 0.4) is 0 Å². The standard InChI is InChI=1S/C16H16N2O/c1-19-16-5-3-2-4-13(16)11-18-9-8-12-10-14(17)6-7-15(12)18/h2-10H,11,17H2,1H3. The fourth-order valence-corrected chi connectivity index (χ4v) is 2.37. The van der Waals surface area contributed by atoms with Crippen LogP contribution >= 0.6 is 0 Å². The minimum absolute atomic E-state index is 0.789. The summed E-state index contributed by atoms with van der Waals surface area (Å²) in [6.45, 7) is 0.789. The van der Waals surface area contributed by atoms with Crippen LogP contribution in [-0.4, -0.2) is 11.7 Å². The molecule has 19 heavy (non-hydrogen) atoms. The predicted octanol–water partition coefficient (Wildman–Crippen LogP) is 3.28. The van der Waals surface area contributed by atoms with Crippen LogP contribution in [0.2, 0.25) is 0 Å². The molecule has 3 aromatic rings. The lowest BCUT2D eigenvalue weighted by atomic mass is 10.2. The summed E-state index contributed by atoms with van der Waals surface area (Å²) in [5.74, 6) is 0.916. The number of anilines is 1. The van der Waals surface area contributed by atoms with E-state index in [9.17, 15) is 0 Å². The number of fused-ring (bicyclic) bond motifs is 1. The van der Waals surface area contributed by atoms with Gasteiger partial charge in [0.15, 0.2) is 0 Å². The van der Waals surface area contributed by atoms with Crippen LogP contribution in [0.5, 0.6) is 5.75 Å². The van der Waals surface area contributed by atoms with Crippen LogP contribution in [0.4, 0.5) is 5.69 Å². The number of ether oxygens (including phenoxy) is 1. The average Bonchev–Trinajstić information content (AvgIpc) is 2.82. The lowest BCUT2D eigenvalue weighted by Gasteiger charge is -2.10. The molecule has 96 valence electrons. The van der Waals surface area contributed by atoms with Gasteiger partial charge in [0, 0.05) is 28.4 Å². The number of methoxy groups -OCH3 is 1. The third-order valence-corrected chi connectivity index (χ3v) is 3.33. The lowest BCUT2D eigenvalue weighted by molar-refractivity contribution is 0.408. The first-order chi connectivity index (χ1) is 9.28. The molecule has 2 N–H and O–H groups in total. The van der Waals surface area contributed by atoms with Crippen molar-refractivity contribution in [3.8, 4) is 5.75 Å². The van der Waals surface area contributed by atoms with E-state index in [4.69, 9.17) is 10.5 Å². The molecule has 0 amide bonds. The number of rotatable bonds is 3. The maximum absolute atomic E-state index is 5.80. The summed E-state index contributed by atoms with van der Waals surface area (Å²) in [4.78, 5) is 0. The van der Waals surface area contributed by atoms with Gasteiger partial charge in [0.2, 0.25) is 0 Å². The Hall–Kier alpha value is -2.42. The molecule has 0 saturated carbocycles. The first-order valence-electron chi connectivity index (χ1n) is 6.24.